The van der Waals surface area contributed by atoms with Crippen molar-refractivity contribution in [3.05, 3.63) is 88.9 Å². The van der Waals surface area contributed by atoms with Gasteiger partial charge < -0.3 is 14.8 Å². The number of aliphatic imine (C=N–C) groups is 1. The fraction of sp³-hybridized carbons (Fsp3) is 0.276. The Morgan fingerprint density at radius 2 is 1.74 bits per heavy atom. The summed E-state index contributed by atoms with van der Waals surface area (Å²) in [5, 5.41) is 3.52. The van der Waals surface area contributed by atoms with Crippen molar-refractivity contribution in [2.45, 2.75) is 24.5 Å². The first kappa shape index (κ1) is 27.5. The van der Waals surface area contributed by atoms with Crippen LogP contribution < -0.4 is 14.8 Å². The molecule has 7 nitrogen and oxygen atoms in total. The summed E-state index contributed by atoms with van der Waals surface area (Å²) < 4.78 is 10.7. The van der Waals surface area contributed by atoms with Crippen LogP contribution in [-0.2, 0) is 22.4 Å². The number of hydrogen-bond donors (Lipinski definition) is 1. The molecule has 4 rings (SSSR count). The van der Waals surface area contributed by atoms with Gasteiger partial charge in [0.2, 0.25) is 11.8 Å². The number of amidine groups is 1. The number of hydrogen-bond acceptors (Lipinski definition) is 6. The van der Waals surface area contributed by atoms with Crippen molar-refractivity contribution in [3.8, 4) is 11.5 Å². The first-order chi connectivity index (χ1) is 18.5. The van der Waals surface area contributed by atoms with Crippen LogP contribution in [0.1, 0.15) is 17.5 Å². The summed E-state index contributed by atoms with van der Waals surface area (Å²) in [6, 6.07) is 22.7. The normalized spacial score (nSPS) is 16.4. The zero-order chi connectivity index (χ0) is 26.9. The first-order valence-corrected chi connectivity index (χ1v) is 13.6. The minimum absolute atomic E-state index is 0.105. The largest absolute Gasteiger partial charge is 0.493 e. The van der Waals surface area contributed by atoms with Crippen molar-refractivity contribution in [2.24, 2.45) is 4.99 Å². The van der Waals surface area contributed by atoms with E-state index in [1.165, 1.54) is 11.8 Å². The number of rotatable bonds is 10. The molecule has 1 heterocycles. The Kier molecular flexibility index (Phi) is 9.67. The predicted octanol–water partition coefficient (Wildman–Crippen LogP) is 5.28. The van der Waals surface area contributed by atoms with Crippen molar-refractivity contribution in [3.63, 3.8) is 0 Å². The highest BCUT2D eigenvalue weighted by molar-refractivity contribution is 8.15. The molecule has 1 fully saturated rings. The molecule has 3 aromatic carbocycles. The quantitative estimate of drug-likeness (QED) is 0.371. The van der Waals surface area contributed by atoms with Crippen LogP contribution in [-0.4, -0.2) is 54.4 Å². The second kappa shape index (κ2) is 13.3. The van der Waals surface area contributed by atoms with E-state index >= 15 is 0 Å². The van der Waals surface area contributed by atoms with Gasteiger partial charge in [0.05, 0.1) is 25.2 Å². The predicted molar refractivity (Wildman–Crippen MR) is 153 cm³/mol. The number of amides is 2. The number of nitrogens with one attached hydrogen (secondary N) is 1. The monoisotopic (exact) mass is 551 g/mol. The molecular weight excluding hydrogens is 522 g/mol. The zero-order valence-corrected chi connectivity index (χ0v) is 22.9. The van der Waals surface area contributed by atoms with Crippen LogP contribution in [0.15, 0.2) is 77.8 Å². The van der Waals surface area contributed by atoms with Gasteiger partial charge in [0.1, 0.15) is 0 Å². The highest BCUT2D eigenvalue weighted by Gasteiger charge is 2.35. The Labute approximate surface area is 232 Å². The SMILES string of the molecule is COc1ccc(CCN2C(=O)C[C@H](C(=O)NCCc3ccccc3)SC2=Nc2ccc(Cl)cc2)cc1OC. The average molecular weight is 552 g/mol. The second-order valence-electron chi connectivity index (χ2n) is 8.69. The number of carbonyl (C=O) groups excluding carboxylic acids is 2. The van der Waals surface area contributed by atoms with Gasteiger partial charge in [-0.25, -0.2) is 4.99 Å². The summed E-state index contributed by atoms with van der Waals surface area (Å²) in [5.41, 5.74) is 2.80. The number of ether oxygens (including phenoxy) is 2. The third-order valence-corrected chi connectivity index (χ3v) is 7.55. The van der Waals surface area contributed by atoms with Crippen LogP contribution in [0.5, 0.6) is 11.5 Å². The Morgan fingerprint density at radius 1 is 1.00 bits per heavy atom. The lowest BCUT2D eigenvalue weighted by Gasteiger charge is -2.32. The molecule has 198 valence electrons. The average Bonchev–Trinajstić information content (AvgIpc) is 2.94. The van der Waals surface area contributed by atoms with Gasteiger partial charge in [-0.2, -0.15) is 0 Å². The molecule has 1 aliphatic heterocycles. The van der Waals surface area contributed by atoms with E-state index in [9.17, 15) is 9.59 Å². The fourth-order valence-corrected chi connectivity index (χ4v) is 5.33. The molecular formula is C29H30ClN3O4S. The third-order valence-electron chi connectivity index (χ3n) is 6.11. The van der Waals surface area contributed by atoms with Gasteiger partial charge in [-0.1, -0.05) is 59.8 Å². The van der Waals surface area contributed by atoms with Gasteiger partial charge in [0, 0.05) is 24.5 Å². The molecule has 0 bridgehead atoms. The molecule has 0 aromatic heterocycles. The van der Waals surface area contributed by atoms with Crippen molar-refractivity contribution < 1.29 is 19.1 Å². The Hall–Kier alpha value is -3.49. The maximum Gasteiger partial charge on any atom is 0.234 e. The van der Waals surface area contributed by atoms with Crippen LogP contribution in [0.4, 0.5) is 5.69 Å². The summed E-state index contributed by atoms with van der Waals surface area (Å²) >= 11 is 7.35. The Balaban J connectivity index is 1.47. The van der Waals surface area contributed by atoms with Gasteiger partial charge in [0.15, 0.2) is 16.7 Å². The van der Waals surface area contributed by atoms with E-state index in [1.54, 1.807) is 43.4 Å². The topological polar surface area (TPSA) is 80.2 Å². The summed E-state index contributed by atoms with van der Waals surface area (Å²) in [6.45, 7) is 0.914. The molecule has 1 atom stereocenters. The molecule has 38 heavy (non-hydrogen) atoms. The van der Waals surface area contributed by atoms with E-state index in [4.69, 9.17) is 26.1 Å². The summed E-state index contributed by atoms with van der Waals surface area (Å²) in [4.78, 5) is 32.7. The number of carbonyl (C=O) groups is 2. The number of methoxy groups -OCH3 is 2. The fourth-order valence-electron chi connectivity index (χ4n) is 4.05. The Morgan fingerprint density at radius 3 is 2.45 bits per heavy atom. The van der Waals surface area contributed by atoms with Gasteiger partial charge >= 0.3 is 0 Å². The number of nitrogens with zero attached hydrogens (tertiary/aromatic N) is 2. The molecule has 0 aliphatic carbocycles. The number of benzene rings is 3. The van der Waals surface area contributed by atoms with Crippen molar-refractivity contribution in [1.29, 1.82) is 0 Å². The van der Waals surface area contributed by atoms with Crippen LogP contribution in [0, 0.1) is 0 Å². The summed E-state index contributed by atoms with van der Waals surface area (Å²) in [5.74, 6) is 0.973. The molecule has 0 radical (unpaired) electrons. The highest BCUT2D eigenvalue weighted by atomic mass is 35.5. The molecule has 0 unspecified atom stereocenters. The van der Waals surface area contributed by atoms with Crippen LogP contribution in [0.3, 0.4) is 0 Å². The standard InChI is InChI=1S/C29H30ClN3O4S/c1-36-24-13-8-21(18-25(24)37-2)15-17-33-27(34)19-26(28(35)31-16-14-20-6-4-3-5-7-20)38-29(33)32-23-11-9-22(30)10-12-23/h3-13,18,26H,14-17,19H2,1-2H3,(H,31,35)/t26-/m1/s1. The molecule has 0 spiro atoms. The molecule has 2 amide bonds. The third kappa shape index (κ3) is 7.30. The van der Waals surface area contributed by atoms with Crippen LogP contribution in [0.25, 0.3) is 0 Å². The summed E-state index contributed by atoms with van der Waals surface area (Å²) in [7, 11) is 3.18. The highest BCUT2D eigenvalue weighted by Crippen LogP contribution is 2.31. The van der Waals surface area contributed by atoms with E-state index in [0.717, 1.165) is 17.5 Å². The van der Waals surface area contributed by atoms with Crippen molar-refractivity contribution >= 4 is 46.0 Å². The van der Waals surface area contributed by atoms with E-state index in [0.29, 0.717) is 46.9 Å². The van der Waals surface area contributed by atoms with E-state index in [2.05, 4.69) is 5.32 Å². The lowest BCUT2D eigenvalue weighted by atomic mass is 10.1. The minimum Gasteiger partial charge on any atom is -0.493 e. The van der Waals surface area contributed by atoms with Gasteiger partial charge in [-0.05, 0) is 60.4 Å². The van der Waals surface area contributed by atoms with Gasteiger partial charge in [-0.3, -0.25) is 14.5 Å². The van der Waals surface area contributed by atoms with Crippen molar-refractivity contribution in [1.82, 2.24) is 10.2 Å². The minimum atomic E-state index is -0.554. The molecule has 1 N–H and O–H groups in total. The second-order valence-corrected chi connectivity index (χ2v) is 10.3. The number of thioether (sulfide) groups is 1. The van der Waals surface area contributed by atoms with Crippen LogP contribution >= 0.6 is 23.4 Å². The van der Waals surface area contributed by atoms with E-state index in [1.807, 2.05) is 48.5 Å². The van der Waals surface area contributed by atoms with Crippen molar-refractivity contribution in [2.75, 3.05) is 27.3 Å². The number of halogens is 1. The van der Waals surface area contributed by atoms with Gasteiger partial charge in [0.25, 0.3) is 0 Å². The molecule has 0 saturated carbocycles. The molecule has 9 heteroatoms. The summed E-state index contributed by atoms with van der Waals surface area (Å²) in [6.07, 6.45) is 1.41. The van der Waals surface area contributed by atoms with Gasteiger partial charge in [-0.15, -0.1) is 0 Å². The Bertz CT molecular complexity index is 1280. The smallest absolute Gasteiger partial charge is 0.234 e. The first-order valence-electron chi connectivity index (χ1n) is 12.3. The van der Waals surface area contributed by atoms with Crippen LogP contribution in [0.2, 0.25) is 5.02 Å². The molecule has 3 aromatic rings. The maximum absolute atomic E-state index is 13.3. The molecule has 1 aliphatic rings. The van der Waals surface area contributed by atoms with E-state index in [-0.39, 0.29) is 18.2 Å². The lowest BCUT2D eigenvalue weighted by molar-refractivity contribution is -0.130. The zero-order valence-electron chi connectivity index (χ0n) is 21.4. The van der Waals surface area contributed by atoms with E-state index < -0.39 is 5.25 Å². The lowest BCUT2D eigenvalue weighted by Crippen LogP contribution is -2.47. The maximum atomic E-state index is 13.3. The molecule has 1 saturated heterocycles.